The van der Waals surface area contributed by atoms with E-state index in [1.807, 2.05) is 6.92 Å². The molecule has 0 N–H and O–H groups in total. The molecule has 21 heavy (non-hydrogen) atoms. The highest BCUT2D eigenvalue weighted by atomic mass is 35.5. The van der Waals surface area contributed by atoms with Gasteiger partial charge in [0.15, 0.2) is 0 Å². The van der Waals surface area contributed by atoms with Crippen LogP contribution in [-0.4, -0.2) is 23.3 Å². The molecule has 118 valence electrons. The molecule has 0 spiro atoms. The number of halogens is 2. The fourth-order valence-corrected chi connectivity index (χ4v) is 1.67. The molecule has 0 heterocycles. The lowest BCUT2D eigenvalue weighted by Gasteiger charge is -2.26. The van der Waals surface area contributed by atoms with E-state index in [1.54, 1.807) is 26.8 Å². The second kappa shape index (κ2) is 7.61. The van der Waals surface area contributed by atoms with Crippen molar-refractivity contribution in [3.8, 4) is 0 Å². The minimum absolute atomic E-state index is 0.0672. The number of amides is 1. The number of ether oxygens (including phenoxy) is 1. The van der Waals surface area contributed by atoms with Crippen LogP contribution in [0, 0.1) is 5.82 Å². The van der Waals surface area contributed by atoms with E-state index in [9.17, 15) is 9.18 Å². The maximum Gasteiger partial charge on any atom is 0.434 e. The summed E-state index contributed by atoms with van der Waals surface area (Å²) in [6.07, 6.45) is 0.112. The molecule has 0 atom stereocenters. The van der Waals surface area contributed by atoms with Crippen molar-refractivity contribution in [2.75, 3.05) is 6.54 Å². The third kappa shape index (κ3) is 6.31. The summed E-state index contributed by atoms with van der Waals surface area (Å²) in [4.78, 5) is 17.3. The number of hydrogen-bond acceptors (Lipinski definition) is 3. The molecule has 1 rings (SSSR count). The maximum atomic E-state index is 13.7. The molecule has 4 nitrogen and oxygen atoms in total. The fourth-order valence-electron chi connectivity index (χ4n) is 1.51. The number of hydrogen-bond donors (Lipinski definition) is 0. The highest BCUT2D eigenvalue weighted by molar-refractivity contribution is 6.30. The van der Waals surface area contributed by atoms with E-state index in [4.69, 9.17) is 21.2 Å². The van der Waals surface area contributed by atoms with Gasteiger partial charge in [0.25, 0.3) is 0 Å². The molecule has 0 fully saturated rings. The fraction of sp³-hybridized carbons (Fsp3) is 0.533. The Balaban J connectivity index is 2.68. The molecule has 0 unspecified atom stereocenters. The lowest BCUT2D eigenvalue weighted by molar-refractivity contribution is -0.156. The van der Waals surface area contributed by atoms with Crippen molar-refractivity contribution in [2.45, 2.75) is 46.3 Å². The third-order valence-corrected chi connectivity index (χ3v) is 2.65. The van der Waals surface area contributed by atoms with Crippen molar-refractivity contribution in [3.63, 3.8) is 0 Å². The van der Waals surface area contributed by atoms with Crippen LogP contribution in [0.1, 0.15) is 39.7 Å². The lowest BCUT2D eigenvalue weighted by atomic mass is 10.2. The molecule has 0 aliphatic carbocycles. The van der Waals surface area contributed by atoms with Gasteiger partial charge >= 0.3 is 6.09 Å². The number of rotatable bonds is 5. The van der Waals surface area contributed by atoms with E-state index in [2.05, 4.69) is 0 Å². The first-order valence-electron chi connectivity index (χ1n) is 6.80. The number of nitrogens with zero attached hydrogens (tertiary/aromatic N) is 1. The number of carbonyl (C=O) groups excluding carboxylic acids is 1. The van der Waals surface area contributed by atoms with Gasteiger partial charge in [-0.3, -0.25) is 4.84 Å². The zero-order valence-electron chi connectivity index (χ0n) is 12.8. The zero-order valence-corrected chi connectivity index (χ0v) is 13.5. The second-order valence-corrected chi connectivity index (χ2v) is 6.03. The first kappa shape index (κ1) is 17.7. The van der Waals surface area contributed by atoms with Crippen LogP contribution >= 0.6 is 11.6 Å². The Morgan fingerprint density at radius 2 is 2.05 bits per heavy atom. The van der Waals surface area contributed by atoms with Crippen LogP contribution in [-0.2, 0) is 16.2 Å². The standard InChI is InChI=1S/C15H21ClFNO3/c1-5-8-18(14(19)21-15(2,3)4)20-10-11-6-7-12(16)9-13(11)17/h6-7,9H,5,8,10H2,1-4H3. The van der Waals surface area contributed by atoms with Crippen LogP contribution in [0.5, 0.6) is 0 Å². The normalized spacial score (nSPS) is 11.3. The molecule has 0 aromatic heterocycles. The monoisotopic (exact) mass is 317 g/mol. The third-order valence-electron chi connectivity index (χ3n) is 2.41. The Kier molecular flexibility index (Phi) is 6.42. The van der Waals surface area contributed by atoms with E-state index < -0.39 is 17.5 Å². The summed E-state index contributed by atoms with van der Waals surface area (Å²) in [5, 5.41) is 1.42. The maximum absolute atomic E-state index is 13.7. The minimum Gasteiger partial charge on any atom is -0.442 e. The van der Waals surface area contributed by atoms with Gasteiger partial charge < -0.3 is 4.74 Å². The van der Waals surface area contributed by atoms with Gasteiger partial charge in [0.2, 0.25) is 0 Å². The molecule has 0 radical (unpaired) electrons. The summed E-state index contributed by atoms with van der Waals surface area (Å²) in [7, 11) is 0. The van der Waals surface area contributed by atoms with Crippen molar-refractivity contribution in [1.82, 2.24) is 5.06 Å². The zero-order chi connectivity index (χ0) is 16.0. The largest absolute Gasteiger partial charge is 0.442 e. The molecule has 1 amide bonds. The minimum atomic E-state index is -0.613. The Labute approximate surface area is 129 Å². The summed E-state index contributed by atoms with van der Waals surface area (Å²) in [6, 6.07) is 4.30. The molecule has 1 aromatic rings. The Morgan fingerprint density at radius 3 is 2.57 bits per heavy atom. The van der Waals surface area contributed by atoms with Crippen LogP contribution < -0.4 is 0 Å². The SMILES string of the molecule is CCCN(OCc1ccc(Cl)cc1F)C(=O)OC(C)(C)C. The quantitative estimate of drug-likeness (QED) is 0.747. The van der Waals surface area contributed by atoms with Gasteiger partial charge in [-0.2, -0.15) is 5.06 Å². The molecule has 6 heteroatoms. The summed E-state index contributed by atoms with van der Waals surface area (Å²) < 4.78 is 18.9. The average molecular weight is 318 g/mol. The van der Waals surface area contributed by atoms with Gasteiger partial charge in [-0.1, -0.05) is 24.6 Å². The average Bonchev–Trinajstić information content (AvgIpc) is 2.34. The number of carbonyl (C=O) groups is 1. The van der Waals surface area contributed by atoms with Crippen molar-refractivity contribution in [1.29, 1.82) is 0 Å². The van der Waals surface area contributed by atoms with Crippen LogP contribution in [0.3, 0.4) is 0 Å². The van der Waals surface area contributed by atoms with Crippen LogP contribution in [0.4, 0.5) is 9.18 Å². The molecule has 0 aliphatic heterocycles. The molecule has 0 saturated heterocycles. The van der Waals surface area contributed by atoms with E-state index in [1.165, 1.54) is 12.1 Å². The van der Waals surface area contributed by atoms with Crippen molar-refractivity contribution in [3.05, 3.63) is 34.6 Å². The van der Waals surface area contributed by atoms with Gasteiger partial charge in [0.1, 0.15) is 18.0 Å². The molecular weight excluding hydrogens is 297 g/mol. The second-order valence-electron chi connectivity index (χ2n) is 5.59. The van der Waals surface area contributed by atoms with Gasteiger partial charge in [-0.15, -0.1) is 0 Å². The van der Waals surface area contributed by atoms with E-state index in [-0.39, 0.29) is 6.61 Å². The van der Waals surface area contributed by atoms with Gasteiger partial charge in [-0.25, -0.2) is 9.18 Å². The summed E-state index contributed by atoms with van der Waals surface area (Å²) in [5.74, 6) is -0.469. The Morgan fingerprint density at radius 1 is 1.38 bits per heavy atom. The van der Waals surface area contributed by atoms with E-state index in [0.717, 1.165) is 5.06 Å². The van der Waals surface area contributed by atoms with Gasteiger partial charge in [-0.05, 0) is 39.3 Å². The Hall–Kier alpha value is -1.33. The molecular formula is C15H21ClFNO3. The van der Waals surface area contributed by atoms with E-state index >= 15 is 0 Å². The molecule has 0 saturated carbocycles. The predicted molar refractivity (Wildman–Crippen MR) is 79.4 cm³/mol. The van der Waals surface area contributed by atoms with E-state index in [0.29, 0.717) is 23.6 Å². The summed E-state index contributed by atoms with van der Waals surface area (Å²) in [5.41, 5.74) is -0.290. The van der Waals surface area contributed by atoms with Crippen molar-refractivity contribution < 1.29 is 18.8 Å². The Bertz CT molecular complexity index is 488. The molecule has 1 aromatic carbocycles. The molecule has 0 bridgehead atoms. The van der Waals surface area contributed by atoms with Crippen molar-refractivity contribution >= 4 is 17.7 Å². The topological polar surface area (TPSA) is 38.8 Å². The first-order chi connectivity index (χ1) is 9.73. The predicted octanol–water partition coefficient (Wildman–Crippen LogP) is 4.56. The van der Waals surface area contributed by atoms with Gasteiger partial charge in [0.05, 0.1) is 6.54 Å². The number of benzene rings is 1. The van der Waals surface area contributed by atoms with Gasteiger partial charge in [0, 0.05) is 10.6 Å². The summed E-state index contributed by atoms with van der Waals surface area (Å²) in [6.45, 7) is 7.52. The molecule has 0 aliphatic rings. The number of hydroxylamine groups is 2. The summed E-state index contributed by atoms with van der Waals surface area (Å²) >= 11 is 5.69. The van der Waals surface area contributed by atoms with Crippen molar-refractivity contribution in [2.24, 2.45) is 0 Å². The van der Waals surface area contributed by atoms with Crippen LogP contribution in [0.15, 0.2) is 18.2 Å². The lowest BCUT2D eigenvalue weighted by Crippen LogP contribution is -2.37. The van der Waals surface area contributed by atoms with Crippen LogP contribution in [0.25, 0.3) is 0 Å². The van der Waals surface area contributed by atoms with Crippen LogP contribution in [0.2, 0.25) is 5.02 Å². The highest BCUT2D eigenvalue weighted by Gasteiger charge is 2.22. The highest BCUT2D eigenvalue weighted by Crippen LogP contribution is 2.17. The smallest absolute Gasteiger partial charge is 0.434 e. The first-order valence-corrected chi connectivity index (χ1v) is 7.18.